The van der Waals surface area contributed by atoms with Crippen molar-refractivity contribution in [3.63, 3.8) is 0 Å². The van der Waals surface area contributed by atoms with Gasteiger partial charge in [0.1, 0.15) is 0 Å². The maximum Gasteiger partial charge on any atom is 0.247 e. The van der Waals surface area contributed by atoms with E-state index in [4.69, 9.17) is 9.47 Å². The van der Waals surface area contributed by atoms with Crippen molar-refractivity contribution < 1.29 is 14.3 Å². The van der Waals surface area contributed by atoms with E-state index in [0.29, 0.717) is 11.5 Å². The summed E-state index contributed by atoms with van der Waals surface area (Å²) < 4.78 is 11.2. The Kier molecular flexibility index (Phi) is 6.17. The van der Waals surface area contributed by atoms with E-state index in [1.807, 2.05) is 61.2 Å². The molecule has 0 bridgehead atoms. The number of hydrogen-bond donors (Lipinski definition) is 0. The van der Waals surface area contributed by atoms with Crippen LogP contribution in [0, 0.1) is 0 Å². The van der Waals surface area contributed by atoms with Gasteiger partial charge in [-0.3, -0.25) is 4.79 Å². The quantitative estimate of drug-likeness (QED) is 0.686. The van der Waals surface area contributed by atoms with Crippen LogP contribution >= 0.6 is 0 Å². The van der Waals surface area contributed by atoms with Crippen LogP contribution in [-0.4, -0.2) is 30.6 Å². The van der Waals surface area contributed by atoms with Gasteiger partial charge in [-0.15, -0.1) is 0 Å². The number of rotatable bonds is 6. The minimum absolute atomic E-state index is 0.0443. The third kappa shape index (κ3) is 4.70. The number of likely N-dealkylation sites (tertiary alicyclic amines) is 1. The van der Waals surface area contributed by atoms with Gasteiger partial charge in [-0.1, -0.05) is 36.4 Å². The molecule has 142 valence electrons. The maximum absolute atomic E-state index is 12.8. The zero-order valence-electron chi connectivity index (χ0n) is 16.2. The second-order valence-corrected chi connectivity index (χ2v) is 7.01. The van der Waals surface area contributed by atoms with E-state index in [1.165, 1.54) is 5.56 Å². The first-order chi connectivity index (χ1) is 13.1. The lowest BCUT2D eigenvalue weighted by molar-refractivity contribution is -0.126. The van der Waals surface area contributed by atoms with Crippen LogP contribution in [0.5, 0.6) is 11.5 Å². The van der Waals surface area contributed by atoms with Crippen molar-refractivity contribution in [2.75, 3.05) is 13.7 Å². The van der Waals surface area contributed by atoms with Gasteiger partial charge in [0, 0.05) is 12.6 Å². The highest BCUT2D eigenvalue weighted by atomic mass is 16.5. The number of methoxy groups -OCH3 is 1. The van der Waals surface area contributed by atoms with Crippen molar-refractivity contribution >= 4 is 12.0 Å². The number of carbonyl (C=O) groups excluding carboxylic acids is 1. The number of benzene rings is 2. The lowest BCUT2D eigenvalue weighted by atomic mass is 10.0. The lowest BCUT2D eigenvalue weighted by Crippen LogP contribution is -2.28. The van der Waals surface area contributed by atoms with Crippen molar-refractivity contribution in [2.24, 2.45) is 0 Å². The monoisotopic (exact) mass is 365 g/mol. The second kappa shape index (κ2) is 8.76. The van der Waals surface area contributed by atoms with Gasteiger partial charge in [-0.25, -0.2) is 0 Å². The largest absolute Gasteiger partial charge is 0.493 e. The van der Waals surface area contributed by atoms with Crippen molar-refractivity contribution in [3.8, 4) is 11.5 Å². The molecular formula is C23H27NO3. The molecule has 1 heterocycles. The zero-order chi connectivity index (χ0) is 19.2. The minimum Gasteiger partial charge on any atom is -0.493 e. The molecule has 1 atom stereocenters. The molecule has 2 aromatic rings. The third-order valence-electron chi connectivity index (χ3n) is 4.69. The number of nitrogens with zero attached hydrogens (tertiary/aromatic N) is 1. The summed E-state index contributed by atoms with van der Waals surface area (Å²) in [5, 5.41) is 0. The minimum atomic E-state index is 0.0443. The van der Waals surface area contributed by atoms with Crippen molar-refractivity contribution in [3.05, 3.63) is 65.7 Å². The molecule has 3 rings (SSSR count). The van der Waals surface area contributed by atoms with Gasteiger partial charge in [-0.2, -0.15) is 0 Å². The van der Waals surface area contributed by atoms with E-state index >= 15 is 0 Å². The summed E-state index contributed by atoms with van der Waals surface area (Å²) in [6, 6.07) is 16.1. The molecule has 1 fully saturated rings. The molecule has 0 spiro atoms. The normalized spacial score (nSPS) is 16.9. The Bertz CT molecular complexity index is 799. The van der Waals surface area contributed by atoms with Crippen LogP contribution in [-0.2, 0) is 4.79 Å². The molecule has 1 unspecified atom stereocenters. The van der Waals surface area contributed by atoms with Crippen LogP contribution in [0.3, 0.4) is 0 Å². The average molecular weight is 365 g/mol. The highest BCUT2D eigenvalue weighted by Gasteiger charge is 2.28. The van der Waals surface area contributed by atoms with Gasteiger partial charge < -0.3 is 14.4 Å². The fourth-order valence-corrected chi connectivity index (χ4v) is 3.45. The van der Waals surface area contributed by atoms with Crippen molar-refractivity contribution in [1.82, 2.24) is 4.90 Å². The van der Waals surface area contributed by atoms with Crippen molar-refractivity contribution in [1.29, 1.82) is 0 Å². The SMILES string of the molecule is COc1cc(/C=C/C(=O)N2CCCC2c2ccccc2)ccc1OC(C)C. The van der Waals surface area contributed by atoms with E-state index in [-0.39, 0.29) is 18.1 Å². The molecule has 1 aliphatic heterocycles. The number of carbonyl (C=O) groups is 1. The zero-order valence-corrected chi connectivity index (χ0v) is 16.2. The summed E-state index contributed by atoms with van der Waals surface area (Å²) in [6.45, 7) is 4.75. The first kappa shape index (κ1) is 19.0. The Labute approximate surface area is 161 Å². The number of ether oxygens (including phenoxy) is 2. The first-order valence-electron chi connectivity index (χ1n) is 9.47. The highest BCUT2D eigenvalue weighted by Crippen LogP contribution is 2.32. The summed E-state index contributed by atoms with van der Waals surface area (Å²) in [6.07, 6.45) is 5.61. The molecule has 1 saturated heterocycles. The standard InChI is InChI=1S/C23H27NO3/c1-17(2)27-21-13-11-18(16-22(21)26-3)12-14-23(25)24-15-7-10-20(24)19-8-5-4-6-9-19/h4-6,8-9,11-14,16-17,20H,7,10,15H2,1-3H3/b14-12+. The van der Waals surface area contributed by atoms with E-state index in [0.717, 1.165) is 24.9 Å². The van der Waals surface area contributed by atoms with Crippen LogP contribution < -0.4 is 9.47 Å². The third-order valence-corrected chi connectivity index (χ3v) is 4.69. The Morgan fingerprint density at radius 2 is 1.93 bits per heavy atom. The predicted molar refractivity (Wildman–Crippen MR) is 108 cm³/mol. The van der Waals surface area contributed by atoms with Crippen molar-refractivity contribution in [2.45, 2.75) is 38.8 Å². The van der Waals surface area contributed by atoms with E-state index in [9.17, 15) is 4.79 Å². The molecular weight excluding hydrogens is 338 g/mol. The number of hydrogen-bond acceptors (Lipinski definition) is 3. The Balaban J connectivity index is 1.72. The Morgan fingerprint density at radius 1 is 1.15 bits per heavy atom. The van der Waals surface area contributed by atoms with Crippen LogP contribution in [0.4, 0.5) is 0 Å². The Morgan fingerprint density at radius 3 is 2.63 bits per heavy atom. The molecule has 0 aliphatic carbocycles. The van der Waals surface area contributed by atoms with Crippen LogP contribution in [0.25, 0.3) is 6.08 Å². The predicted octanol–water partition coefficient (Wildman–Crippen LogP) is 4.86. The lowest BCUT2D eigenvalue weighted by Gasteiger charge is -2.23. The summed E-state index contributed by atoms with van der Waals surface area (Å²) >= 11 is 0. The Hall–Kier alpha value is -2.75. The topological polar surface area (TPSA) is 38.8 Å². The fourth-order valence-electron chi connectivity index (χ4n) is 3.45. The number of amides is 1. The van der Waals surface area contributed by atoms with Gasteiger partial charge in [-0.05, 0) is 56.0 Å². The molecule has 0 aromatic heterocycles. The van der Waals surface area contributed by atoms with E-state index in [1.54, 1.807) is 13.2 Å². The highest BCUT2D eigenvalue weighted by molar-refractivity contribution is 5.92. The molecule has 1 aliphatic rings. The van der Waals surface area contributed by atoms with Crippen LogP contribution in [0.15, 0.2) is 54.6 Å². The summed E-state index contributed by atoms with van der Waals surface area (Å²) in [5.41, 5.74) is 2.11. The van der Waals surface area contributed by atoms with E-state index < -0.39 is 0 Å². The van der Waals surface area contributed by atoms with Crippen LogP contribution in [0.2, 0.25) is 0 Å². The van der Waals surface area contributed by atoms with Crippen LogP contribution in [0.1, 0.15) is 43.9 Å². The van der Waals surface area contributed by atoms with Gasteiger partial charge >= 0.3 is 0 Å². The first-order valence-corrected chi connectivity index (χ1v) is 9.47. The smallest absolute Gasteiger partial charge is 0.247 e. The van der Waals surface area contributed by atoms with E-state index in [2.05, 4.69) is 12.1 Å². The average Bonchev–Trinajstić information content (AvgIpc) is 3.17. The molecule has 4 nitrogen and oxygen atoms in total. The maximum atomic E-state index is 12.8. The fraction of sp³-hybridized carbons (Fsp3) is 0.348. The second-order valence-electron chi connectivity index (χ2n) is 7.01. The summed E-state index contributed by atoms with van der Waals surface area (Å²) in [5.74, 6) is 1.42. The molecule has 2 aromatic carbocycles. The molecule has 0 radical (unpaired) electrons. The molecule has 27 heavy (non-hydrogen) atoms. The molecule has 0 N–H and O–H groups in total. The molecule has 4 heteroatoms. The summed E-state index contributed by atoms with van der Waals surface area (Å²) in [4.78, 5) is 14.7. The van der Waals surface area contributed by atoms with Gasteiger partial charge in [0.05, 0.1) is 19.3 Å². The van der Waals surface area contributed by atoms with Gasteiger partial charge in [0.2, 0.25) is 5.91 Å². The van der Waals surface area contributed by atoms with Gasteiger partial charge in [0.25, 0.3) is 0 Å². The molecule has 0 saturated carbocycles. The summed E-state index contributed by atoms with van der Waals surface area (Å²) in [7, 11) is 1.62. The van der Waals surface area contributed by atoms with Gasteiger partial charge in [0.15, 0.2) is 11.5 Å². The molecule has 1 amide bonds.